The Morgan fingerprint density at radius 2 is 1.83 bits per heavy atom. The molecule has 1 aromatic carbocycles. The van der Waals surface area contributed by atoms with Gasteiger partial charge in [-0.15, -0.1) is 12.4 Å². The van der Waals surface area contributed by atoms with E-state index in [1.807, 2.05) is 13.8 Å². The Balaban J connectivity index is 0.00000264. The van der Waals surface area contributed by atoms with Crippen LogP contribution in [0.4, 0.5) is 5.69 Å². The molecule has 1 aliphatic heterocycles. The Hall–Kier alpha value is -0.930. The zero-order valence-electron chi connectivity index (χ0n) is 12.9. The summed E-state index contributed by atoms with van der Waals surface area (Å²) in [6.07, 6.45) is 0. The first kappa shape index (κ1) is 20.1. The van der Waals surface area contributed by atoms with Gasteiger partial charge in [0.15, 0.2) is 0 Å². The zero-order chi connectivity index (χ0) is 16.7. The number of hydrogen-bond acceptors (Lipinski definition) is 5. The van der Waals surface area contributed by atoms with Crippen molar-refractivity contribution in [2.24, 2.45) is 0 Å². The molecular formula is C13H19Cl2N3O4S. The number of benzene rings is 1. The van der Waals surface area contributed by atoms with Gasteiger partial charge in [0.05, 0.1) is 14.8 Å². The molecule has 1 N–H and O–H groups in total. The van der Waals surface area contributed by atoms with E-state index in [0.717, 1.165) is 6.07 Å². The maximum absolute atomic E-state index is 12.7. The summed E-state index contributed by atoms with van der Waals surface area (Å²) in [6, 6.07) is 2.37. The van der Waals surface area contributed by atoms with Gasteiger partial charge in [0.2, 0.25) is 10.0 Å². The third-order valence-electron chi connectivity index (χ3n) is 3.65. The molecule has 2 atom stereocenters. The second kappa shape index (κ2) is 7.31. The summed E-state index contributed by atoms with van der Waals surface area (Å²) >= 11 is 5.97. The molecular weight excluding hydrogens is 365 g/mol. The van der Waals surface area contributed by atoms with Gasteiger partial charge in [-0.2, -0.15) is 4.31 Å². The Labute approximate surface area is 146 Å². The highest BCUT2D eigenvalue weighted by Crippen LogP contribution is 2.31. The van der Waals surface area contributed by atoms with E-state index in [1.54, 1.807) is 0 Å². The van der Waals surface area contributed by atoms with Crippen LogP contribution < -0.4 is 5.32 Å². The zero-order valence-corrected chi connectivity index (χ0v) is 15.3. The predicted molar refractivity (Wildman–Crippen MR) is 90.9 cm³/mol. The summed E-state index contributed by atoms with van der Waals surface area (Å²) in [7, 11) is -3.82. The fraction of sp³-hybridized carbons (Fsp3) is 0.538. The molecule has 7 nitrogen and oxygen atoms in total. The van der Waals surface area contributed by atoms with Gasteiger partial charge in [0.1, 0.15) is 0 Å². The van der Waals surface area contributed by atoms with E-state index in [-0.39, 0.29) is 45.7 Å². The van der Waals surface area contributed by atoms with Crippen molar-refractivity contribution in [1.29, 1.82) is 0 Å². The van der Waals surface area contributed by atoms with E-state index in [1.165, 1.54) is 17.3 Å². The van der Waals surface area contributed by atoms with Gasteiger partial charge in [0, 0.05) is 36.8 Å². The quantitative estimate of drug-likeness (QED) is 0.638. The molecule has 2 unspecified atom stereocenters. The molecule has 0 amide bonds. The lowest BCUT2D eigenvalue weighted by Gasteiger charge is -2.35. The lowest BCUT2D eigenvalue weighted by molar-refractivity contribution is -0.385. The van der Waals surface area contributed by atoms with Crippen LogP contribution in [0.1, 0.15) is 19.4 Å². The van der Waals surface area contributed by atoms with Crippen LogP contribution in [0.3, 0.4) is 0 Å². The fourth-order valence-electron chi connectivity index (χ4n) is 2.60. The first-order chi connectivity index (χ1) is 10.1. The number of rotatable bonds is 3. The normalized spacial score (nSPS) is 22.4. The molecule has 0 saturated carbocycles. The number of sulfonamides is 1. The Morgan fingerprint density at radius 3 is 2.30 bits per heavy atom. The van der Waals surface area contributed by atoms with Crippen LogP contribution in [0.2, 0.25) is 5.02 Å². The molecule has 0 radical (unpaired) electrons. The van der Waals surface area contributed by atoms with E-state index in [9.17, 15) is 18.5 Å². The number of hydrogen-bond donors (Lipinski definition) is 1. The monoisotopic (exact) mass is 383 g/mol. The lowest BCUT2D eigenvalue weighted by atomic mass is 10.2. The maximum atomic E-state index is 12.7. The number of piperazine rings is 1. The number of nitro benzene ring substituents is 1. The Morgan fingerprint density at radius 1 is 1.30 bits per heavy atom. The van der Waals surface area contributed by atoms with Crippen molar-refractivity contribution < 1.29 is 13.3 Å². The molecule has 0 aromatic heterocycles. The predicted octanol–water partition coefficient (Wildman–Crippen LogP) is 2.35. The first-order valence-corrected chi connectivity index (χ1v) is 8.65. The molecule has 1 saturated heterocycles. The van der Waals surface area contributed by atoms with Crippen molar-refractivity contribution in [2.45, 2.75) is 37.8 Å². The van der Waals surface area contributed by atoms with Gasteiger partial charge in [0.25, 0.3) is 5.69 Å². The highest BCUT2D eigenvalue weighted by atomic mass is 35.5. The molecule has 23 heavy (non-hydrogen) atoms. The van der Waals surface area contributed by atoms with Crippen LogP contribution in [0.25, 0.3) is 0 Å². The first-order valence-electron chi connectivity index (χ1n) is 6.83. The Kier molecular flexibility index (Phi) is 6.39. The van der Waals surface area contributed by atoms with Gasteiger partial charge in [-0.25, -0.2) is 8.42 Å². The van der Waals surface area contributed by atoms with Crippen molar-refractivity contribution in [3.63, 3.8) is 0 Å². The molecule has 0 spiro atoms. The molecule has 1 fully saturated rings. The fourth-order valence-corrected chi connectivity index (χ4v) is 4.54. The van der Waals surface area contributed by atoms with Crippen molar-refractivity contribution in [3.05, 3.63) is 32.8 Å². The average Bonchev–Trinajstić information content (AvgIpc) is 2.40. The summed E-state index contributed by atoms with van der Waals surface area (Å²) in [5.74, 6) is 0. The van der Waals surface area contributed by atoms with E-state index in [0.29, 0.717) is 13.1 Å². The molecule has 1 aliphatic rings. The standard InChI is InChI=1S/C13H18ClN3O4S.ClH/c1-8-6-16(7-9(2)15-8)22(20,21)11-4-12(14)10(3)13(5-11)17(18)19;/h4-5,8-9,15H,6-7H2,1-3H3;1H. The third kappa shape index (κ3) is 4.13. The van der Waals surface area contributed by atoms with Gasteiger partial charge in [-0.1, -0.05) is 11.6 Å². The topological polar surface area (TPSA) is 92.6 Å². The second-order valence-corrected chi connectivity index (χ2v) is 7.94. The van der Waals surface area contributed by atoms with Crippen LogP contribution in [0.15, 0.2) is 17.0 Å². The SMILES string of the molecule is Cc1c(Cl)cc(S(=O)(=O)N2CC(C)NC(C)C2)cc1[N+](=O)[O-].Cl. The number of nitrogens with zero attached hydrogens (tertiary/aromatic N) is 2. The highest BCUT2D eigenvalue weighted by Gasteiger charge is 2.33. The van der Waals surface area contributed by atoms with Crippen molar-refractivity contribution in [1.82, 2.24) is 9.62 Å². The molecule has 0 bridgehead atoms. The summed E-state index contributed by atoms with van der Waals surface area (Å²) < 4.78 is 26.8. The van der Waals surface area contributed by atoms with Crippen molar-refractivity contribution >= 4 is 39.7 Å². The number of nitrogens with one attached hydrogen (secondary N) is 1. The molecule has 130 valence electrons. The molecule has 0 aliphatic carbocycles. The van der Waals surface area contributed by atoms with Crippen LogP contribution in [0.5, 0.6) is 0 Å². The molecule has 2 rings (SSSR count). The van der Waals surface area contributed by atoms with Crippen LogP contribution in [0, 0.1) is 17.0 Å². The summed E-state index contributed by atoms with van der Waals surface area (Å²) in [4.78, 5) is 10.3. The molecule has 1 heterocycles. The molecule has 1 aromatic rings. The minimum absolute atomic E-state index is 0. The average molecular weight is 384 g/mol. The lowest BCUT2D eigenvalue weighted by Crippen LogP contribution is -2.55. The number of nitro groups is 1. The van der Waals surface area contributed by atoms with Crippen LogP contribution in [-0.4, -0.2) is 42.8 Å². The highest BCUT2D eigenvalue weighted by molar-refractivity contribution is 7.89. The molecule has 10 heteroatoms. The second-order valence-electron chi connectivity index (χ2n) is 5.60. The van der Waals surface area contributed by atoms with Crippen molar-refractivity contribution in [3.8, 4) is 0 Å². The maximum Gasteiger partial charge on any atom is 0.275 e. The van der Waals surface area contributed by atoms with Crippen LogP contribution >= 0.6 is 24.0 Å². The minimum Gasteiger partial charge on any atom is -0.309 e. The van der Waals surface area contributed by atoms with Crippen LogP contribution in [-0.2, 0) is 10.0 Å². The van der Waals surface area contributed by atoms with E-state index in [4.69, 9.17) is 11.6 Å². The van der Waals surface area contributed by atoms with Gasteiger partial charge >= 0.3 is 0 Å². The largest absolute Gasteiger partial charge is 0.309 e. The van der Waals surface area contributed by atoms with E-state index in [2.05, 4.69) is 5.32 Å². The van der Waals surface area contributed by atoms with Gasteiger partial charge < -0.3 is 5.32 Å². The summed E-state index contributed by atoms with van der Waals surface area (Å²) in [5.41, 5.74) is -0.0324. The smallest absolute Gasteiger partial charge is 0.275 e. The van der Waals surface area contributed by atoms with Crippen molar-refractivity contribution in [2.75, 3.05) is 13.1 Å². The van der Waals surface area contributed by atoms with E-state index < -0.39 is 14.9 Å². The Bertz CT molecular complexity index is 701. The third-order valence-corrected chi connectivity index (χ3v) is 5.85. The summed E-state index contributed by atoms with van der Waals surface area (Å²) in [5, 5.41) is 14.4. The summed E-state index contributed by atoms with van der Waals surface area (Å²) in [6.45, 7) is 5.90. The minimum atomic E-state index is -3.82. The van der Waals surface area contributed by atoms with Gasteiger partial charge in [-0.05, 0) is 26.8 Å². The van der Waals surface area contributed by atoms with Gasteiger partial charge in [-0.3, -0.25) is 10.1 Å². The van der Waals surface area contributed by atoms with E-state index >= 15 is 0 Å². The number of halogens is 2.